The molecule has 138 valence electrons. The highest BCUT2D eigenvalue weighted by Crippen LogP contribution is 2.49. The van der Waals surface area contributed by atoms with E-state index in [1.165, 1.54) is 19.3 Å². The van der Waals surface area contributed by atoms with Crippen LogP contribution in [0.25, 0.3) is 0 Å². The fraction of sp³-hybridized carbons (Fsp3) is 0.895. The number of hydrogen-bond acceptors (Lipinski definition) is 3. The highest BCUT2D eigenvalue weighted by atomic mass is 32.2. The van der Waals surface area contributed by atoms with Crippen molar-refractivity contribution in [2.24, 2.45) is 17.8 Å². The van der Waals surface area contributed by atoms with E-state index in [9.17, 15) is 9.59 Å². The molecule has 0 radical (unpaired) electrons. The molecule has 2 rings (SSSR count). The van der Waals surface area contributed by atoms with Gasteiger partial charge in [0.05, 0.1) is 5.25 Å². The molecule has 0 spiro atoms. The molecular formula is C19H34N2O2S. The summed E-state index contributed by atoms with van der Waals surface area (Å²) in [6.45, 7) is 8.71. The van der Waals surface area contributed by atoms with Crippen LogP contribution in [-0.2, 0) is 9.59 Å². The lowest BCUT2D eigenvalue weighted by Crippen LogP contribution is -2.48. The number of hydrogen-bond donors (Lipinski definition) is 2. The van der Waals surface area contributed by atoms with Gasteiger partial charge in [0.15, 0.2) is 0 Å². The molecule has 2 aliphatic rings. The second-order valence-electron chi connectivity index (χ2n) is 8.12. The summed E-state index contributed by atoms with van der Waals surface area (Å²) in [6, 6.07) is 0. The highest BCUT2D eigenvalue weighted by molar-refractivity contribution is 8.00. The summed E-state index contributed by atoms with van der Waals surface area (Å²) in [4.78, 5) is 24.5. The summed E-state index contributed by atoms with van der Waals surface area (Å²) >= 11 is 1.65. The highest BCUT2D eigenvalue weighted by Gasteiger charge is 2.40. The zero-order valence-corrected chi connectivity index (χ0v) is 16.5. The molecule has 2 saturated carbocycles. The summed E-state index contributed by atoms with van der Waals surface area (Å²) in [5.74, 6) is 3.25. The largest absolute Gasteiger partial charge is 0.355 e. The molecule has 0 saturated heterocycles. The molecule has 0 heterocycles. The van der Waals surface area contributed by atoms with Crippen molar-refractivity contribution >= 4 is 23.6 Å². The fourth-order valence-electron chi connectivity index (χ4n) is 3.72. The number of thioether (sulfide) groups is 1. The Kier molecular flexibility index (Phi) is 7.02. The van der Waals surface area contributed by atoms with Crippen LogP contribution in [0.3, 0.4) is 0 Å². The fourth-order valence-corrected chi connectivity index (χ4v) is 4.45. The first-order valence-electron chi connectivity index (χ1n) is 9.53. The van der Waals surface area contributed by atoms with E-state index >= 15 is 0 Å². The number of rotatable bonds is 8. The second-order valence-corrected chi connectivity index (χ2v) is 9.74. The molecular weight excluding hydrogens is 320 g/mol. The predicted molar refractivity (Wildman–Crippen MR) is 101 cm³/mol. The first-order valence-corrected chi connectivity index (χ1v) is 10.6. The maximum absolute atomic E-state index is 12.6. The minimum Gasteiger partial charge on any atom is -0.355 e. The Labute approximate surface area is 151 Å². The molecule has 2 unspecified atom stereocenters. The Hall–Kier alpha value is -0.710. The van der Waals surface area contributed by atoms with E-state index in [0.717, 1.165) is 36.9 Å². The second kappa shape index (κ2) is 8.59. The zero-order valence-electron chi connectivity index (χ0n) is 15.7. The van der Waals surface area contributed by atoms with Crippen LogP contribution in [0, 0.1) is 17.8 Å². The smallest absolute Gasteiger partial charge is 0.232 e. The Bertz CT molecular complexity index is 441. The van der Waals surface area contributed by atoms with Crippen LogP contribution in [0.15, 0.2) is 0 Å². The van der Waals surface area contributed by atoms with Crippen LogP contribution >= 0.6 is 11.8 Å². The van der Waals surface area contributed by atoms with Crippen LogP contribution in [0.4, 0.5) is 0 Å². The van der Waals surface area contributed by atoms with E-state index in [4.69, 9.17) is 0 Å². The summed E-state index contributed by atoms with van der Waals surface area (Å²) in [5, 5.41) is 6.19. The van der Waals surface area contributed by atoms with Gasteiger partial charge in [-0.2, -0.15) is 0 Å². The van der Waals surface area contributed by atoms with Crippen LogP contribution in [0.5, 0.6) is 0 Å². The average Bonchev–Trinajstić information content (AvgIpc) is 3.25. The maximum Gasteiger partial charge on any atom is 0.232 e. The number of fused-ring (bicyclic) bond motifs is 1. The molecule has 2 aliphatic carbocycles. The number of nitrogens with one attached hydrogen (secondary N) is 2. The van der Waals surface area contributed by atoms with Crippen LogP contribution < -0.4 is 10.6 Å². The number of carbonyl (C=O) groups is 2. The van der Waals surface area contributed by atoms with Crippen molar-refractivity contribution in [1.82, 2.24) is 10.6 Å². The molecule has 0 aromatic carbocycles. The lowest BCUT2D eigenvalue weighted by Gasteiger charge is -2.29. The topological polar surface area (TPSA) is 58.2 Å². The van der Waals surface area contributed by atoms with E-state index in [-0.39, 0.29) is 28.5 Å². The van der Waals surface area contributed by atoms with E-state index < -0.39 is 0 Å². The van der Waals surface area contributed by atoms with Crippen molar-refractivity contribution < 1.29 is 9.59 Å². The maximum atomic E-state index is 12.6. The minimum absolute atomic E-state index is 0.00914. The summed E-state index contributed by atoms with van der Waals surface area (Å²) in [7, 11) is 0. The van der Waals surface area contributed by atoms with Crippen LogP contribution in [0.2, 0.25) is 0 Å². The molecule has 4 atom stereocenters. The van der Waals surface area contributed by atoms with E-state index in [0.29, 0.717) is 6.54 Å². The van der Waals surface area contributed by atoms with Gasteiger partial charge >= 0.3 is 0 Å². The van der Waals surface area contributed by atoms with Crippen molar-refractivity contribution in [3.63, 3.8) is 0 Å². The quantitative estimate of drug-likeness (QED) is 0.703. The first kappa shape index (κ1) is 19.6. The average molecular weight is 355 g/mol. The minimum atomic E-state index is -0.277. The third kappa shape index (κ3) is 5.98. The van der Waals surface area contributed by atoms with Crippen molar-refractivity contribution in [2.45, 2.75) is 77.0 Å². The molecule has 4 nitrogen and oxygen atoms in total. The van der Waals surface area contributed by atoms with Crippen molar-refractivity contribution in [3.05, 3.63) is 0 Å². The van der Waals surface area contributed by atoms with Gasteiger partial charge in [0, 0.05) is 18.0 Å². The molecule has 24 heavy (non-hydrogen) atoms. The summed E-state index contributed by atoms with van der Waals surface area (Å²) < 4.78 is 0. The van der Waals surface area contributed by atoms with Gasteiger partial charge in [0.2, 0.25) is 11.8 Å². The molecule has 0 bridgehead atoms. The summed E-state index contributed by atoms with van der Waals surface area (Å²) in [5.41, 5.74) is -0.277. The van der Waals surface area contributed by atoms with Gasteiger partial charge < -0.3 is 10.6 Å². The van der Waals surface area contributed by atoms with Crippen LogP contribution in [0.1, 0.15) is 66.2 Å². The Morgan fingerprint density at radius 3 is 2.38 bits per heavy atom. The monoisotopic (exact) mass is 354 g/mol. The molecule has 0 aliphatic heterocycles. The SMILES string of the molecule is CCSC(C)C(=O)NCCC(C)(C)NC(=O)C1CC[C@@H]2C[C@@H]2CC1. The van der Waals surface area contributed by atoms with Gasteiger partial charge in [-0.1, -0.05) is 6.92 Å². The van der Waals surface area contributed by atoms with Gasteiger partial charge in [-0.25, -0.2) is 0 Å². The normalized spacial score (nSPS) is 27.6. The molecule has 2 amide bonds. The number of amides is 2. The number of carbonyl (C=O) groups excluding carboxylic acids is 2. The van der Waals surface area contributed by atoms with Gasteiger partial charge in [0.25, 0.3) is 0 Å². The van der Waals surface area contributed by atoms with E-state index in [1.54, 1.807) is 11.8 Å². The van der Waals surface area contributed by atoms with Crippen LogP contribution in [-0.4, -0.2) is 34.9 Å². The Balaban J connectivity index is 1.69. The van der Waals surface area contributed by atoms with Gasteiger partial charge in [-0.15, -0.1) is 11.8 Å². The third-order valence-electron chi connectivity index (χ3n) is 5.51. The first-order chi connectivity index (χ1) is 11.3. The lowest BCUT2D eigenvalue weighted by atomic mass is 9.94. The van der Waals surface area contributed by atoms with E-state index in [1.807, 2.05) is 6.92 Å². The zero-order chi connectivity index (χ0) is 17.7. The van der Waals surface area contributed by atoms with Crippen molar-refractivity contribution in [2.75, 3.05) is 12.3 Å². The molecule has 2 fully saturated rings. The predicted octanol–water partition coefficient (Wildman–Crippen LogP) is 3.36. The lowest BCUT2D eigenvalue weighted by molar-refractivity contribution is -0.127. The van der Waals surface area contributed by atoms with Gasteiger partial charge in [0.1, 0.15) is 0 Å². The standard InChI is InChI=1S/C19H34N2O2S/c1-5-24-13(2)17(22)20-11-10-19(3,4)21-18(23)14-6-8-15-12-16(15)9-7-14/h13-16H,5-12H2,1-4H3,(H,20,22)(H,21,23)/t13?,14?,15-,16+. The molecule has 0 aromatic heterocycles. The summed E-state index contributed by atoms with van der Waals surface area (Å²) in [6.07, 6.45) is 6.70. The molecule has 0 aromatic rings. The Morgan fingerprint density at radius 2 is 1.79 bits per heavy atom. The van der Waals surface area contributed by atoms with Gasteiger partial charge in [-0.3, -0.25) is 9.59 Å². The van der Waals surface area contributed by atoms with Crippen molar-refractivity contribution in [3.8, 4) is 0 Å². The molecule has 2 N–H and O–H groups in total. The van der Waals surface area contributed by atoms with E-state index in [2.05, 4.69) is 31.4 Å². The Morgan fingerprint density at radius 1 is 1.17 bits per heavy atom. The van der Waals surface area contributed by atoms with Crippen molar-refractivity contribution in [1.29, 1.82) is 0 Å². The van der Waals surface area contributed by atoms with Gasteiger partial charge in [-0.05, 0) is 76.9 Å². The third-order valence-corrected chi connectivity index (χ3v) is 6.56. The molecule has 5 heteroatoms.